The van der Waals surface area contributed by atoms with E-state index in [1.165, 1.54) is 17.7 Å². The van der Waals surface area contributed by atoms with E-state index in [0.29, 0.717) is 18.7 Å². The van der Waals surface area contributed by atoms with E-state index < -0.39 is 6.03 Å². The van der Waals surface area contributed by atoms with Crippen LogP contribution in [-0.2, 0) is 17.8 Å². The van der Waals surface area contributed by atoms with Crippen molar-refractivity contribution >= 4 is 6.03 Å². The molecule has 0 aromatic heterocycles. The molecule has 32 heavy (non-hydrogen) atoms. The minimum absolute atomic E-state index is 0.125. The first kappa shape index (κ1) is 22.2. The normalized spacial score (nSPS) is 21.1. The monoisotopic (exact) mass is 437 g/mol. The average Bonchev–Trinajstić information content (AvgIpc) is 2.77. The molecule has 2 fully saturated rings. The first-order chi connectivity index (χ1) is 15.5. The number of hydrogen-bond donors (Lipinski definition) is 1. The van der Waals surface area contributed by atoms with Crippen molar-refractivity contribution in [3.05, 3.63) is 71.0 Å². The minimum Gasteiger partial charge on any atom is -0.370 e. The molecule has 0 spiro atoms. The summed E-state index contributed by atoms with van der Waals surface area (Å²) < 4.78 is 19.3. The maximum Gasteiger partial charge on any atom is 0.315 e. The second kappa shape index (κ2) is 10.1. The number of morpholine rings is 2. The van der Waals surface area contributed by atoms with Gasteiger partial charge in [-0.3, -0.25) is 9.80 Å². The van der Waals surface area contributed by atoms with Gasteiger partial charge in [-0.05, 0) is 35.4 Å². The van der Waals surface area contributed by atoms with E-state index in [0.717, 1.165) is 44.8 Å². The molecule has 0 aliphatic carbocycles. The lowest BCUT2D eigenvalue weighted by atomic mass is 10.1. The Morgan fingerprint density at radius 1 is 1.03 bits per heavy atom. The third kappa shape index (κ3) is 5.82. The predicted octanol–water partition coefficient (Wildman–Crippen LogP) is 2.16. The molecule has 2 heterocycles. The van der Waals surface area contributed by atoms with Crippen LogP contribution in [-0.4, -0.2) is 72.2 Å². The first-order valence-corrected chi connectivity index (χ1v) is 10.9. The van der Waals surface area contributed by atoms with Gasteiger partial charge in [-0.15, -0.1) is 0 Å². The fraction of sp³-hybridized carbons (Fsp3) is 0.417. The summed E-state index contributed by atoms with van der Waals surface area (Å²) >= 11 is 0. The van der Waals surface area contributed by atoms with Gasteiger partial charge in [-0.2, -0.15) is 5.26 Å². The molecule has 7 nitrogen and oxygen atoms in total. The highest BCUT2D eigenvalue weighted by molar-refractivity contribution is 5.72. The molecule has 2 atom stereocenters. The second-order valence-corrected chi connectivity index (χ2v) is 8.53. The number of urea groups is 1. The summed E-state index contributed by atoms with van der Waals surface area (Å²) in [5, 5.41) is 8.95. The van der Waals surface area contributed by atoms with E-state index in [1.54, 1.807) is 17.0 Å². The van der Waals surface area contributed by atoms with Crippen LogP contribution in [0.1, 0.15) is 16.7 Å². The maximum absolute atomic E-state index is 13.1. The summed E-state index contributed by atoms with van der Waals surface area (Å²) in [6.07, 6.45) is 0.250. The van der Waals surface area contributed by atoms with Gasteiger partial charge in [0.25, 0.3) is 0 Å². The molecular weight excluding hydrogens is 409 g/mol. The van der Waals surface area contributed by atoms with Crippen molar-refractivity contribution in [2.45, 2.75) is 25.3 Å². The zero-order chi connectivity index (χ0) is 22.5. The van der Waals surface area contributed by atoms with Gasteiger partial charge in [0.05, 0.1) is 23.8 Å². The Labute approximate surface area is 187 Å². The Bertz CT molecular complexity index is 946. The number of fused-ring (bicyclic) bond motifs is 2. The summed E-state index contributed by atoms with van der Waals surface area (Å²) in [7, 11) is 0. The van der Waals surface area contributed by atoms with Crippen molar-refractivity contribution in [2.24, 2.45) is 5.73 Å². The summed E-state index contributed by atoms with van der Waals surface area (Å²) in [6, 6.07) is 15.5. The second-order valence-electron chi connectivity index (χ2n) is 8.53. The first-order valence-electron chi connectivity index (χ1n) is 10.9. The lowest BCUT2D eigenvalue weighted by molar-refractivity contribution is -0.140. The predicted molar refractivity (Wildman–Crippen MR) is 118 cm³/mol. The third-order valence-electron chi connectivity index (χ3n) is 6.01. The number of benzene rings is 2. The van der Waals surface area contributed by atoms with E-state index in [4.69, 9.17) is 15.7 Å². The van der Waals surface area contributed by atoms with Crippen LogP contribution in [0.2, 0.25) is 0 Å². The molecule has 2 saturated heterocycles. The summed E-state index contributed by atoms with van der Waals surface area (Å²) in [5.41, 5.74) is 8.29. The van der Waals surface area contributed by atoms with Crippen molar-refractivity contribution in [3.63, 3.8) is 0 Å². The number of nitrogens with zero attached hydrogens (tertiary/aromatic N) is 4. The molecule has 2 aromatic rings. The smallest absolute Gasteiger partial charge is 0.315 e. The number of nitriles is 1. The quantitative estimate of drug-likeness (QED) is 0.718. The molecule has 8 heteroatoms. The van der Waals surface area contributed by atoms with Crippen LogP contribution in [0.3, 0.4) is 0 Å². The van der Waals surface area contributed by atoms with Gasteiger partial charge in [0.15, 0.2) is 0 Å². The number of ether oxygens (including phenoxy) is 1. The van der Waals surface area contributed by atoms with Gasteiger partial charge in [0.2, 0.25) is 0 Å². The lowest BCUT2D eigenvalue weighted by Gasteiger charge is -2.46. The van der Waals surface area contributed by atoms with Crippen LogP contribution in [0.4, 0.5) is 9.18 Å². The molecule has 2 unspecified atom stereocenters. The Kier molecular flexibility index (Phi) is 7.00. The van der Waals surface area contributed by atoms with Crippen LogP contribution >= 0.6 is 0 Å². The molecule has 0 radical (unpaired) electrons. The number of amides is 2. The third-order valence-corrected chi connectivity index (χ3v) is 6.01. The summed E-state index contributed by atoms with van der Waals surface area (Å²) in [6.45, 7) is 5.76. The molecule has 2 amide bonds. The average molecular weight is 438 g/mol. The van der Waals surface area contributed by atoms with Gasteiger partial charge < -0.3 is 15.4 Å². The van der Waals surface area contributed by atoms with Crippen molar-refractivity contribution < 1.29 is 13.9 Å². The lowest BCUT2D eigenvalue weighted by Crippen LogP contribution is -2.60. The zero-order valence-corrected chi connectivity index (χ0v) is 18.0. The van der Waals surface area contributed by atoms with E-state index >= 15 is 0 Å². The molecule has 2 aromatic carbocycles. The number of carbonyl (C=O) groups excluding carboxylic acids is 1. The van der Waals surface area contributed by atoms with Crippen molar-refractivity contribution in [3.8, 4) is 6.07 Å². The number of rotatable bonds is 7. The number of nitrogens with two attached hydrogens (primary N) is 1. The minimum atomic E-state index is -0.476. The Balaban J connectivity index is 1.27. The van der Waals surface area contributed by atoms with Gasteiger partial charge in [-0.25, -0.2) is 9.18 Å². The topological polar surface area (TPSA) is 85.8 Å². The molecule has 0 saturated carbocycles. The van der Waals surface area contributed by atoms with Crippen molar-refractivity contribution in [1.29, 1.82) is 5.26 Å². The molecule has 2 N–H and O–H groups in total. The van der Waals surface area contributed by atoms with E-state index in [9.17, 15) is 9.18 Å². The zero-order valence-electron chi connectivity index (χ0n) is 18.0. The maximum atomic E-state index is 13.1. The van der Waals surface area contributed by atoms with E-state index in [2.05, 4.69) is 15.9 Å². The fourth-order valence-electron chi connectivity index (χ4n) is 4.45. The molecule has 168 valence electrons. The molecule has 2 aliphatic rings. The van der Waals surface area contributed by atoms with E-state index in [1.807, 2.05) is 24.3 Å². The largest absolute Gasteiger partial charge is 0.370 e. The van der Waals surface area contributed by atoms with Gasteiger partial charge in [0, 0.05) is 52.4 Å². The number of hydrogen-bond acceptors (Lipinski definition) is 5. The SMILES string of the molecule is N#Cc1ccc(CN2CC3CN(CCN(Cc4ccc(F)cc4)C(N)=O)CC(C2)O3)cc1. The van der Waals surface area contributed by atoms with Crippen LogP contribution in [0.25, 0.3) is 0 Å². The van der Waals surface area contributed by atoms with Crippen LogP contribution in [0, 0.1) is 17.1 Å². The van der Waals surface area contributed by atoms with Crippen molar-refractivity contribution in [2.75, 3.05) is 39.3 Å². The Hall–Kier alpha value is -2.99. The summed E-state index contributed by atoms with van der Waals surface area (Å²) in [4.78, 5) is 18.2. The van der Waals surface area contributed by atoms with Gasteiger partial charge in [-0.1, -0.05) is 24.3 Å². The fourth-order valence-corrected chi connectivity index (χ4v) is 4.45. The highest BCUT2D eigenvalue weighted by atomic mass is 19.1. The van der Waals surface area contributed by atoms with E-state index in [-0.39, 0.29) is 18.0 Å². The molecule has 2 aliphatic heterocycles. The highest BCUT2D eigenvalue weighted by Gasteiger charge is 2.34. The van der Waals surface area contributed by atoms with Gasteiger partial charge in [0.1, 0.15) is 5.82 Å². The van der Waals surface area contributed by atoms with Crippen LogP contribution in [0.15, 0.2) is 48.5 Å². The number of primary amides is 1. The highest BCUT2D eigenvalue weighted by Crippen LogP contribution is 2.21. The Morgan fingerprint density at radius 3 is 2.22 bits per heavy atom. The standard InChI is InChI=1S/C24H28FN5O2/c25-21-7-5-20(6-8-21)13-30(24(27)31)10-9-28-14-22-16-29(17-23(15-28)32-22)12-19-3-1-18(11-26)2-4-19/h1-8,22-23H,9-10,12-17H2,(H2,27,31). The van der Waals surface area contributed by atoms with Crippen LogP contribution < -0.4 is 5.73 Å². The number of halogens is 1. The van der Waals surface area contributed by atoms with Gasteiger partial charge >= 0.3 is 6.03 Å². The number of carbonyl (C=O) groups is 1. The summed E-state index contributed by atoms with van der Waals surface area (Å²) in [5.74, 6) is -0.299. The van der Waals surface area contributed by atoms with Crippen molar-refractivity contribution in [1.82, 2.24) is 14.7 Å². The molecule has 2 bridgehead atoms. The molecular formula is C24H28FN5O2. The van der Waals surface area contributed by atoms with Crippen LogP contribution in [0.5, 0.6) is 0 Å². The molecule has 4 rings (SSSR count). The Morgan fingerprint density at radius 2 is 1.62 bits per heavy atom.